The SMILES string of the molecule is CCOC(=O)[C@]1(C(F)(F)F)N=C(c2ccccc2)OC(N(C)C)=N1. The third kappa shape index (κ3) is 3.19. The molecule has 1 atom stereocenters. The number of carbonyl (C=O) groups is 1. The van der Waals surface area contributed by atoms with E-state index in [9.17, 15) is 18.0 Å². The van der Waals surface area contributed by atoms with Crippen molar-refractivity contribution in [2.75, 3.05) is 20.7 Å². The molecule has 1 aliphatic rings. The summed E-state index contributed by atoms with van der Waals surface area (Å²) in [6.07, 6.45) is -5.09. The summed E-state index contributed by atoms with van der Waals surface area (Å²) in [7, 11) is 2.89. The molecule has 1 aromatic carbocycles. The van der Waals surface area contributed by atoms with E-state index in [1.807, 2.05) is 0 Å². The van der Waals surface area contributed by atoms with Crippen LogP contribution < -0.4 is 0 Å². The molecule has 0 aliphatic carbocycles. The van der Waals surface area contributed by atoms with Crippen molar-refractivity contribution in [1.29, 1.82) is 0 Å². The molecule has 1 aliphatic heterocycles. The zero-order valence-electron chi connectivity index (χ0n) is 13.3. The van der Waals surface area contributed by atoms with Gasteiger partial charge in [0, 0.05) is 19.7 Å². The van der Waals surface area contributed by atoms with Gasteiger partial charge in [0.2, 0.25) is 5.90 Å². The predicted molar refractivity (Wildman–Crippen MR) is 80.6 cm³/mol. The van der Waals surface area contributed by atoms with Crippen molar-refractivity contribution in [3.8, 4) is 0 Å². The molecule has 9 heteroatoms. The first-order valence-electron chi connectivity index (χ1n) is 7.05. The summed E-state index contributed by atoms with van der Waals surface area (Å²) < 4.78 is 51.0. The summed E-state index contributed by atoms with van der Waals surface area (Å²) >= 11 is 0. The zero-order chi connectivity index (χ0) is 18.0. The molecule has 130 valence electrons. The Morgan fingerprint density at radius 1 is 1.25 bits per heavy atom. The number of halogens is 3. The summed E-state index contributed by atoms with van der Waals surface area (Å²) in [6, 6.07) is 7.56. The van der Waals surface area contributed by atoms with E-state index < -0.39 is 23.8 Å². The average Bonchev–Trinajstić information content (AvgIpc) is 2.54. The van der Waals surface area contributed by atoms with Gasteiger partial charge in [-0.1, -0.05) is 18.2 Å². The zero-order valence-corrected chi connectivity index (χ0v) is 13.3. The Kier molecular flexibility index (Phi) is 4.81. The monoisotopic (exact) mass is 343 g/mol. The van der Waals surface area contributed by atoms with Crippen LogP contribution in [0.3, 0.4) is 0 Å². The van der Waals surface area contributed by atoms with Gasteiger partial charge in [-0.15, -0.1) is 0 Å². The number of hydrogen-bond donors (Lipinski definition) is 0. The van der Waals surface area contributed by atoms with E-state index in [-0.39, 0.29) is 18.1 Å². The number of rotatable bonds is 3. The standard InChI is InChI=1S/C15H16F3N3O3/c1-4-23-12(22)14(15(16,17)18)19-11(10-8-6-5-7-9-10)24-13(20-14)21(2)3/h5-9H,4H2,1-3H3/t14-/m0/s1. The molecular formula is C15H16F3N3O3. The lowest BCUT2D eigenvalue weighted by Gasteiger charge is -2.32. The minimum Gasteiger partial charge on any atom is -0.462 e. The quantitative estimate of drug-likeness (QED) is 0.790. The van der Waals surface area contributed by atoms with Crippen LogP contribution >= 0.6 is 0 Å². The maximum Gasteiger partial charge on any atom is 0.446 e. The topological polar surface area (TPSA) is 63.5 Å². The van der Waals surface area contributed by atoms with Crippen molar-refractivity contribution >= 4 is 17.9 Å². The smallest absolute Gasteiger partial charge is 0.446 e. The Morgan fingerprint density at radius 2 is 1.88 bits per heavy atom. The second kappa shape index (κ2) is 6.50. The van der Waals surface area contributed by atoms with Gasteiger partial charge in [0.25, 0.3) is 6.02 Å². The number of esters is 1. The average molecular weight is 343 g/mol. The molecule has 0 radical (unpaired) electrons. The fraction of sp³-hybridized carbons (Fsp3) is 0.400. The Hall–Kier alpha value is -2.58. The van der Waals surface area contributed by atoms with Crippen molar-refractivity contribution in [2.24, 2.45) is 9.98 Å². The van der Waals surface area contributed by atoms with Gasteiger partial charge in [-0.25, -0.2) is 4.79 Å². The molecule has 0 aromatic heterocycles. The number of aliphatic imine (C=N–C) groups is 2. The second-order valence-corrected chi connectivity index (χ2v) is 5.06. The molecule has 0 bridgehead atoms. The number of nitrogens with zero attached hydrogens (tertiary/aromatic N) is 3. The van der Waals surface area contributed by atoms with Gasteiger partial charge in [0.1, 0.15) is 0 Å². The van der Waals surface area contributed by atoms with Crippen molar-refractivity contribution in [3.05, 3.63) is 35.9 Å². The lowest BCUT2D eigenvalue weighted by molar-refractivity contribution is -0.204. The summed E-state index contributed by atoms with van der Waals surface area (Å²) in [6.45, 7) is 1.17. The van der Waals surface area contributed by atoms with E-state index in [1.54, 1.807) is 18.2 Å². The van der Waals surface area contributed by atoms with Crippen LogP contribution in [-0.2, 0) is 14.3 Å². The van der Waals surface area contributed by atoms with Gasteiger partial charge < -0.3 is 14.4 Å². The Balaban J connectivity index is 2.65. The van der Waals surface area contributed by atoms with Crippen LogP contribution in [0, 0.1) is 0 Å². The van der Waals surface area contributed by atoms with E-state index in [1.165, 1.54) is 38.1 Å². The van der Waals surface area contributed by atoms with Gasteiger partial charge in [-0.2, -0.15) is 23.2 Å². The lowest BCUT2D eigenvalue weighted by Crippen LogP contribution is -2.54. The number of alkyl halides is 3. The minimum atomic E-state index is -5.09. The largest absolute Gasteiger partial charge is 0.462 e. The van der Waals surface area contributed by atoms with Gasteiger partial charge in [-0.05, 0) is 19.1 Å². The first kappa shape index (κ1) is 17.8. The molecule has 0 N–H and O–H groups in total. The van der Waals surface area contributed by atoms with E-state index in [2.05, 4.69) is 14.7 Å². The highest BCUT2D eigenvalue weighted by atomic mass is 19.4. The molecule has 1 heterocycles. The third-order valence-corrected chi connectivity index (χ3v) is 3.07. The molecule has 24 heavy (non-hydrogen) atoms. The summed E-state index contributed by atoms with van der Waals surface area (Å²) in [5, 5.41) is 0. The first-order valence-corrected chi connectivity index (χ1v) is 7.05. The Labute approximate surface area is 136 Å². The van der Waals surface area contributed by atoms with Crippen LogP contribution in [0.25, 0.3) is 0 Å². The van der Waals surface area contributed by atoms with Crippen molar-refractivity contribution < 1.29 is 27.4 Å². The molecule has 0 saturated carbocycles. The van der Waals surface area contributed by atoms with Crippen LogP contribution in [0.4, 0.5) is 13.2 Å². The number of benzene rings is 1. The molecule has 0 spiro atoms. The molecule has 0 amide bonds. The van der Waals surface area contributed by atoms with Gasteiger partial charge in [0.05, 0.1) is 6.61 Å². The first-order chi connectivity index (χ1) is 11.2. The van der Waals surface area contributed by atoms with Gasteiger partial charge >= 0.3 is 17.8 Å². The summed E-state index contributed by atoms with van der Waals surface area (Å²) in [4.78, 5) is 20.2. The molecule has 0 unspecified atom stereocenters. The van der Waals surface area contributed by atoms with Gasteiger partial charge in [0.15, 0.2) is 0 Å². The number of amidine groups is 1. The maximum atomic E-state index is 13.7. The third-order valence-electron chi connectivity index (χ3n) is 3.07. The highest BCUT2D eigenvalue weighted by molar-refractivity contribution is 6.05. The Bertz CT molecular complexity index is 672. The summed E-state index contributed by atoms with van der Waals surface area (Å²) in [5.41, 5.74) is -3.11. The molecule has 1 aromatic rings. The maximum absolute atomic E-state index is 13.7. The fourth-order valence-corrected chi connectivity index (χ4v) is 1.90. The summed E-state index contributed by atoms with van der Waals surface area (Å²) in [5.74, 6) is -1.96. The number of ether oxygens (including phenoxy) is 2. The molecule has 0 saturated heterocycles. The van der Waals surface area contributed by atoms with Crippen molar-refractivity contribution in [1.82, 2.24) is 4.90 Å². The van der Waals surface area contributed by atoms with Crippen molar-refractivity contribution in [3.63, 3.8) is 0 Å². The lowest BCUT2D eigenvalue weighted by atomic mass is 10.1. The van der Waals surface area contributed by atoms with E-state index >= 15 is 0 Å². The fourth-order valence-electron chi connectivity index (χ4n) is 1.90. The minimum absolute atomic E-state index is 0.236. The number of hydrogen-bond acceptors (Lipinski definition) is 6. The van der Waals surface area contributed by atoms with Crippen LogP contribution in [0.15, 0.2) is 40.3 Å². The van der Waals surface area contributed by atoms with Crippen LogP contribution in [0.2, 0.25) is 0 Å². The van der Waals surface area contributed by atoms with Crippen LogP contribution in [0.5, 0.6) is 0 Å². The van der Waals surface area contributed by atoms with E-state index in [0.717, 1.165) is 0 Å². The predicted octanol–water partition coefficient (Wildman–Crippen LogP) is 2.20. The molecule has 0 fully saturated rings. The van der Waals surface area contributed by atoms with Gasteiger partial charge in [-0.3, -0.25) is 0 Å². The normalized spacial score (nSPS) is 20.6. The highest BCUT2D eigenvalue weighted by Gasteiger charge is 2.65. The van der Waals surface area contributed by atoms with Crippen LogP contribution in [0.1, 0.15) is 12.5 Å². The van der Waals surface area contributed by atoms with Crippen LogP contribution in [-0.4, -0.2) is 55.3 Å². The van der Waals surface area contributed by atoms with E-state index in [4.69, 9.17) is 4.74 Å². The van der Waals surface area contributed by atoms with Crippen molar-refractivity contribution in [2.45, 2.75) is 18.8 Å². The second-order valence-electron chi connectivity index (χ2n) is 5.06. The highest BCUT2D eigenvalue weighted by Crippen LogP contribution is 2.39. The molecular weight excluding hydrogens is 327 g/mol. The molecule has 2 rings (SSSR count). The molecule has 6 nitrogen and oxygen atoms in total. The Morgan fingerprint density at radius 3 is 2.38 bits per heavy atom. The number of carbonyl (C=O) groups excluding carboxylic acids is 1. The van der Waals surface area contributed by atoms with E-state index in [0.29, 0.717) is 0 Å².